The average molecular weight is 291 g/mol. The van der Waals surface area contributed by atoms with Crippen LogP contribution >= 0.6 is 0 Å². The van der Waals surface area contributed by atoms with E-state index in [1.54, 1.807) is 0 Å². The van der Waals surface area contributed by atoms with Gasteiger partial charge in [0.2, 0.25) is 0 Å². The second-order valence-electron chi connectivity index (χ2n) is 6.38. The minimum absolute atomic E-state index is 0.375. The number of nitrogens with zero attached hydrogens (tertiary/aromatic N) is 1. The van der Waals surface area contributed by atoms with Crippen molar-refractivity contribution in [1.29, 1.82) is 0 Å². The summed E-state index contributed by atoms with van der Waals surface area (Å²) in [7, 11) is 0. The maximum Gasteiger partial charge on any atom is 0.122 e. The van der Waals surface area contributed by atoms with Crippen LogP contribution in [0.4, 0.5) is 0 Å². The average Bonchev–Trinajstić information content (AvgIpc) is 2.70. The van der Waals surface area contributed by atoms with Crippen LogP contribution in [0.25, 0.3) is 0 Å². The second kappa shape index (κ2) is 7.81. The molecule has 1 saturated heterocycles. The van der Waals surface area contributed by atoms with Crippen LogP contribution in [0, 0.1) is 20.8 Å². The largest absolute Gasteiger partial charge is 0.491 e. The fourth-order valence-electron chi connectivity index (χ4n) is 3.01. The lowest BCUT2D eigenvalue weighted by molar-refractivity contribution is 0.0691. The highest BCUT2D eigenvalue weighted by molar-refractivity contribution is 5.41. The summed E-state index contributed by atoms with van der Waals surface area (Å²) in [4.78, 5) is 2.37. The molecule has 1 aromatic rings. The van der Waals surface area contributed by atoms with Crippen molar-refractivity contribution in [3.05, 3.63) is 28.8 Å². The molecule has 0 bridgehead atoms. The summed E-state index contributed by atoms with van der Waals surface area (Å²) < 4.78 is 5.86. The van der Waals surface area contributed by atoms with E-state index in [4.69, 9.17) is 4.74 Å². The van der Waals surface area contributed by atoms with E-state index in [-0.39, 0.29) is 0 Å². The third-order valence-electron chi connectivity index (χ3n) is 4.36. The molecule has 1 atom stereocenters. The first kappa shape index (κ1) is 16.3. The Labute approximate surface area is 128 Å². The molecule has 1 N–H and O–H groups in total. The summed E-state index contributed by atoms with van der Waals surface area (Å²) >= 11 is 0. The topological polar surface area (TPSA) is 32.7 Å². The zero-order chi connectivity index (χ0) is 15.2. The summed E-state index contributed by atoms with van der Waals surface area (Å²) in [5, 5.41) is 10.2. The number of rotatable bonds is 5. The predicted octanol–water partition coefficient (Wildman–Crippen LogP) is 3.23. The molecule has 0 aliphatic carbocycles. The van der Waals surface area contributed by atoms with Crippen LogP contribution < -0.4 is 4.74 Å². The first-order valence-electron chi connectivity index (χ1n) is 8.17. The third kappa shape index (κ3) is 5.01. The first-order chi connectivity index (χ1) is 10.1. The molecule has 21 heavy (non-hydrogen) atoms. The van der Waals surface area contributed by atoms with Crippen molar-refractivity contribution in [2.24, 2.45) is 0 Å². The Balaban J connectivity index is 1.84. The van der Waals surface area contributed by atoms with E-state index in [0.29, 0.717) is 6.61 Å². The van der Waals surface area contributed by atoms with E-state index in [0.717, 1.165) is 25.4 Å². The Hall–Kier alpha value is -1.06. The monoisotopic (exact) mass is 291 g/mol. The smallest absolute Gasteiger partial charge is 0.122 e. The normalized spacial score (nSPS) is 18.3. The molecule has 3 nitrogen and oxygen atoms in total. The molecule has 1 heterocycles. The number of benzene rings is 1. The summed E-state index contributed by atoms with van der Waals surface area (Å²) in [6.07, 6.45) is 4.74. The summed E-state index contributed by atoms with van der Waals surface area (Å²) in [6.45, 7) is 9.57. The lowest BCUT2D eigenvalue weighted by Crippen LogP contribution is -2.36. The van der Waals surface area contributed by atoms with Gasteiger partial charge in [0.25, 0.3) is 0 Å². The zero-order valence-corrected chi connectivity index (χ0v) is 13.7. The fraction of sp³-hybridized carbons (Fsp3) is 0.667. The molecule has 1 aliphatic heterocycles. The Morgan fingerprint density at radius 3 is 2.43 bits per heavy atom. The quantitative estimate of drug-likeness (QED) is 0.904. The molecular formula is C18H29NO2. The van der Waals surface area contributed by atoms with Crippen molar-refractivity contribution in [2.45, 2.75) is 52.6 Å². The molecule has 0 saturated carbocycles. The van der Waals surface area contributed by atoms with Crippen molar-refractivity contribution in [1.82, 2.24) is 4.90 Å². The number of β-amino-alcohol motifs (C(OH)–C–C–N with tert-alkyl or cyclic N) is 1. The zero-order valence-electron chi connectivity index (χ0n) is 13.7. The van der Waals surface area contributed by atoms with Gasteiger partial charge in [-0.05, 0) is 69.5 Å². The Morgan fingerprint density at radius 2 is 1.76 bits per heavy atom. The van der Waals surface area contributed by atoms with Crippen molar-refractivity contribution in [2.75, 3.05) is 26.2 Å². The van der Waals surface area contributed by atoms with Gasteiger partial charge in [-0.1, -0.05) is 18.9 Å². The van der Waals surface area contributed by atoms with Crippen LogP contribution in [0.15, 0.2) is 12.1 Å². The molecule has 1 fully saturated rings. The van der Waals surface area contributed by atoms with Crippen molar-refractivity contribution in [3.8, 4) is 5.75 Å². The second-order valence-corrected chi connectivity index (χ2v) is 6.38. The molecule has 0 amide bonds. The lowest BCUT2D eigenvalue weighted by atomic mass is 10.1. The van der Waals surface area contributed by atoms with Gasteiger partial charge in [-0.15, -0.1) is 0 Å². The summed E-state index contributed by atoms with van der Waals surface area (Å²) in [5.41, 5.74) is 3.62. The van der Waals surface area contributed by atoms with Crippen LogP contribution in [0.3, 0.4) is 0 Å². The summed E-state index contributed by atoms with van der Waals surface area (Å²) in [5.74, 6) is 0.905. The molecule has 0 aromatic heterocycles. The van der Waals surface area contributed by atoms with E-state index in [1.165, 1.54) is 42.4 Å². The van der Waals surface area contributed by atoms with Crippen LogP contribution in [0.2, 0.25) is 0 Å². The van der Waals surface area contributed by atoms with Gasteiger partial charge < -0.3 is 14.7 Å². The number of ether oxygens (including phenoxy) is 1. The number of hydrogen-bond donors (Lipinski definition) is 1. The van der Waals surface area contributed by atoms with Crippen LogP contribution in [0.5, 0.6) is 5.75 Å². The van der Waals surface area contributed by atoms with Gasteiger partial charge in [0.1, 0.15) is 18.5 Å². The van der Waals surface area contributed by atoms with E-state index in [2.05, 4.69) is 37.8 Å². The molecule has 1 aromatic carbocycles. The Morgan fingerprint density at radius 1 is 1.10 bits per heavy atom. The third-order valence-corrected chi connectivity index (χ3v) is 4.36. The van der Waals surface area contributed by atoms with Gasteiger partial charge in [0, 0.05) is 6.54 Å². The molecule has 2 rings (SSSR count). The van der Waals surface area contributed by atoms with Gasteiger partial charge in [-0.25, -0.2) is 0 Å². The van der Waals surface area contributed by atoms with Gasteiger partial charge in [0.05, 0.1) is 0 Å². The highest BCUT2D eigenvalue weighted by Gasteiger charge is 2.15. The van der Waals surface area contributed by atoms with Crippen LogP contribution in [0.1, 0.15) is 42.4 Å². The minimum atomic E-state index is -0.414. The van der Waals surface area contributed by atoms with Gasteiger partial charge in [0.15, 0.2) is 0 Å². The van der Waals surface area contributed by atoms with Crippen molar-refractivity contribution in [3.63, 3.8) is 0 Å². The van der Waals surface area contributed by atoms with Gasteiger partial charge in [-0.2, -0.15) is 0 Å². The molecule has 3 heteroatoms. The lowest BCUT2D eigenvalue weighted by Gasteiger charge is -2.23. The van der Waals surface area contributed by atoms with Gasteiger partial charge >= 0.3 is 0 Å². The summed E-state index contributed by atoms with van der Waals surface area (Å²) in [6, 6.07) is 4.22. The highest BCUT2D eigenvalue weighted by atomic mass is 16.5. The van der Waals surface area contributed by atoms with Crippen molar-refractivity contribution < 1.29 is 9.84 Å². The standard InChI is InChI=1S/C18H29NO2/c1-14-10-15(2)16(3)18(11-14)21-13-17(20)12-19-8-6-4-5-7-9-19/h10-11,17,20H,4-9,12-13H2,1-3H3/t17-/m1/s1. The van der Waals surface area contributed by atoms with Crippen molar-refractivity contribution >= 4 is 0 Å². The molecule has 1 aliphatic rings. The molecule has 0 unspecified atom stereocenters. The molecule has 0 radical (unpaired) electrons. The fourth-order valence-corrected chi connectivity index (χ4v) is 3.01. The molecular weight excluding hydrogens is 262 g/mol. The number of likely N-dealkylation sites (tertiary alicyclic amines) is 1. The predicted molar refractivity (Wildman–Crippen MR) is 87.1 cm³/mol. The SMILES string of the molecule is Cc1cc(C)c(C)c(OC[C@H](O)CN2CCCCCC2)c1. The van der Waals surface area contributed by atoms with E-state index < -0.39 is 6.10 Å². The maximum absolute atomic E-state index is 10.2. The number of aliphatic hydroxyl groups excluding tert-OH is 1. The molecule has 118 valence electrons. The van der Waals surface area contributed by atoms with Crippen LogP contribution in [-0.4, -0.2) is 42.4 Å². The Bertz CT molecular complexity index is 451. The first-order valence-corrected chi connectivity index (χ1v) is 8.17. The number of hydrogen-bond acceptors (Lipinski definition) is 3. The maximum atomic E-state index is 10.2. The number of aliphatic hydroxyl groups is 1. The Kier molecular flexibility index (Phi) is 6.07. The van der Waals surface area contributed by atoms with Crippen LogP contribution in [-0.2, 0) is 0 Å². The minimum Gasteiger partial charge on any atom is -0.491 e. The highest BCUT2D eigenvalue weighted by Crippen LogP contribution is 2.23. The van der Waals surface area contributed by atoms with E-state index in [1.807, 2.05) is 0 Å². The van der Waals surface area contributed by atoms with E-state index in [9.17, 15) is 5.11 Å². The molecule has 0 spiro atoms. The number of aryl methyl sites for hydroxylation is 2. The van der Waals surface area contributed by atoms with Gasteiger partial charge in [-0.3, -0.25) is 0 Å². The van der Waals surface area contributed by atoms with E-state index >= 15 is 0 Å².